The summed E-state index contributed by atoms with van der Waals surface area (Å²) in [7, 11) is 0. The van der Waals surface area contributed by atoms with E-state index in [4.69, 9.17) is 10.1 Å². The molecule has 3 rings (SSSR count). The van der Waals surface area contributed by atoms with Gasteiger partial charge in [-0.1, -0.05) is 49.6 Å². The van der Waals surface area contributed by atoms with Crippen LogP contribution in [0.3, 0.4) is 0 Å². The summed E-state index contributed by atoms with van der Waals surface area (Å²) in [5.41, 5.74) is 6.98. The smallest absolute Gasteiger partial charge is 0.238 e. The first-order chi connectivity index (χ1) is 17.5. The molecule has 1 aromatic carbocycles. The molecule has 1 aromatic heterocycles. The minimum absolute atomic E-state index is 0.00176. The van der Waals surface area contributed by atoms with Gasteiger partial charge in [-0.05, 0) is 42.3 Å². The summed E-state index contributed by atoms with van der Waals surface area (Å²) < 4.78 is 19.1. The number of aromatic nitrogens is 1. The molecule has 1 saturated heterocycles. The fraction of sp³-hybridized carbons (Fsp3) is 0.185. The third-order valence-corrected chi connectivity index (χ3v) is 5.13. The van der Waals surface area contributed by atoms with Crippen LogP contribution in [0.5, 0.6) is 0 Å². The van der Waals surface area contributed by atoms with Crippen molar-refractivity contribution >= 4 is 35.0 Å². The Bertz CT molecular complexity index is 1190. The third-order valence-electron chi connectivity index (χ3n) is 5.13. The van der Waals surface area contributed by atoms with Crippen molar-refractivity contribution in [3.8, 4) is 0 Å². The monoisotopic (exact) mass is 487 g/mol. The maximum absolute atomic E-state index is 13.8. The Kier molecular flexibility index (Phi) is 9.84. The molecule has 2 heterocycles. The number of nitrogens with zero attached hydrogens (tertiary/aromatic N) is 4. The highest BCUT2D eigenvalue weighted by Crippen LogP contribution is 2.22. The summed E-state index contributed by atoms with van der Waals surface area (Å²) in [6.07, 6.45) is 10.9. The Balaban J connectivity index is 1.59. The van der Waals surface area contributed by atoms with Crippen molar-refractivity contribution < 1.29 is 9.13 Å². The van der Waals surface area contributed by atoms with E-state index in [1.807, 2.05) is 49.4 Å². The average Bonchev–Trinajstić information content (AvgIpc) is 2.89. The second kappa shape index (κ2) is 13.5. The van der Waals surface area contributed by atoms with Gasteiger partial charge in [0.2, 0.25) is 5.96 Å². The molecular formula is C27H30FN7O. The number of hydrogen-bond donors (Lipinski definition) is 3. The number of ether oxygens (including phenoxy) is 1. The molecule has 0 amide bonds. The minimum atomic E-state index is -0.710. The van der Waals surface area contributed by atoms with E-state index < -0.39 is 5.83 Å². The molecule has 186 valence electrons. The molecule has 9 heteroatoms. The van der Waals surface area contributed by atoms with E-state index in [1.165, 1.54) is 6.21 Å². The predicted molar refractivity (Wildman–Crippen MR) is 145 cm³/mol. The molecule has 1 aliphatic heterocycles. The lowest BCUT2D eigenvalue weighted by Gasteiger charge is -2.28. The summed E-state index contributed by atoms with van der Waals surface area (Å²) >= 11 is 0. The van der Waals surface area contributed by atoms with Crippen molar-refractivity contribution in [3.05, 3.63) is 97.1 Å². The number of anilines is 2. The van der Waals surface area contributed by atoms with E-state index >= 15 is 0 Å². The lowest BCUT2D eigenvalue weighted by Crippen LogP contribution is -2.41. The topological polar surface area (TPSA) is 98.0 Å². The summed E-state index contributed by atoms with van der Waals surface area (Å²) in [6, 6.07) is 11.7. The van der Waals surface area contributed by atoms with Gasteiger partial charge in [0.15, 0.2) is 11.7 Å². The number of rotatable bonds is 8. The van der Waals surface area contributed by atoms with E-state index in [0.717, 1.165) is 22.5 Å². The van der Waals surface area contributed by atoms with Crippen molar-refractivity contribution in [2.75, 3.05) is 31.6 Å². The molecule has 0 radical (unpaired) electrons. The van der Waals surface area contributed by atoms with Gasteiger partial charge < -0.3 is 15.0 Å². The largest absolute Gasteiger partial charge is 0.378 e. The van der Waals surface area contributed by atoms with Gasteiger partial charge in [-0.15, -0.1) is 0 Å². The standard InChI is InChI=1S/C27H30FN7O/c1-4-6-8-21(5-2)22-9-7-10-23(17-22)32-25-12-11-24(30-18-25)19-31-34-27(29)33-26(20(3)28)35-13-15-36-16-14-35/h4-12,17-19,32H,1,3,13-16H2,2H3,(H2,29,34)/b8-6-,21-5+,31-19+,33-26+. The Hall–Kier alpha value is -4.37. The molecule has 1 aliphatic rings. The summed E-state index contributed by atoms with van der Waals surface area (Å²) in [6.45, 7) is 10.9. The van der Waals surface area contributed by atoms with Crippen LogP contribution < -0.4 is 10.7 Å². The molecule has 0 saturated carbocycles. The second-order valence-corrected chi connectivity index (χ2v) is 7.67. The zero-order valence-corrected chi connectivity index (χ0v) is 20.2. The maximum atomic E-state index is 13.8. The first-order valence-corrected chi connectivity index (χ1v) is 11.4. The van der Waals surface area contributed by atoms with Crippen LogP contribution in [0, 0.1) is 5.41 Å². The van der Waals surface area contributed by atoms with Gasteiger partial charge in [-0.3, -0.25) is 10.4 Å². The average molecular weight is 488 g/mol. The van der Waals surface area contributed by atoms with Gasteiger partial charge in [0.25, 0.3) is 0 Å². The normalized spacial score (nSPS) is 14.8. The highest BCUT2D eigenvalue weighted by molar-refractivity contribution is 6.03. The second-order valence-electron chi connectivity index (χ2n) is 7.67. The van der Waals surface area contributed by atoms with E-state index in [0.29, 0.717) is 32.0 Å². The van der Waals surface area contributed by atoms with Crippen LogP contribution in [-0.4, -0.2) is 54.2 Å². The van der Waals surface area contributed by atoms with Gasteiger partial charge in [-0.2, -0.15) is 10.1 Å². The number of hydrazone groups is 1. The fourth-order valence-corrected chi connectivity index (χ4v) is 3.40. The van der Waals surface area contributed by atoms with Crippen LogP contribution in [0.15, 0.2) is 96.0 Å². The molecule has 0 unspecified atom stereocenters. The number of halogens is 1. The molecule has 0 spiro atoms. The Labute approximate surface area is 210 Å². The van der Waals surface area contributed by atoms with E-state index in [-0.39, 0.29) is 11.8 Å². The number of nitrogens with one attached hydrogen (secondary N) is 3. The highest BCUT2D eigenvalue weighted by Gasteiger charge is 2.18. The van der Waals surface area contributed by atoms with Crippen molar-refractivity contribution in [1.82, 2.24) is 15.3 Å². The summed E-state index contributed by atoms with van der Waals surface area (Å²) in [5.74, 6) is -1.02. The molecular weight excluding hydrogens is 457 g/mol. The Morgan fingerprint density at radius 1 is 1.22 bits per heavy atom. The van der Waals surface area contributed by atoms with Crippen LogP contribution in [0.25, 0.3) is 5.57 Å². The van der Waals surface area contributed by atoms with Crippen molar-refractivity contribution in [1.29, 1.82) is 5.41 Å². The third kappa shape index (κ3) is 7.85. The lowest BCUT2D eigenvalue weighted by atomic mass is 10.0. The molecule has 3 N–H and O–H groups in total. The Morgan fingerprint density at radius 2 is 2.03 bits per heavy atom. The van der Waals surface area contributed by atoms with Gasteiger partial charge in [0, 0.05) is 18.8 Å². The van der Waals surface area contributed by atoms with E-state index in [9.17, 15) is 4.39 Å². The van der Waals surface area contributed by atoms with Gasteiger partial charge >= 0.3 is 0 Å². The van der Waals surface area contributed by atoms with Crippen LogP contribution in [0.4, 0.5) is 15.8 Å². The van der Waals surface area contributed by atoms with Crippen LogP contribution in [-0.2, 0) is 4.74 Å². The van der Waals surface area contributed by atoms with Crippen LogP contribution >= 0.6 is 0 Å². The number of allylic oxidation sites excluding steroid dienone is 5. The molecule has 0 atom stereocenters. The van der Waals surface area contributed by atoms with Gasteiger partial charge in [0.05, 0.1) is 37.0 Å². The van der Waals surface area contributed by atoms with Crippen molar-refractivity contribution in [3.63, 3.8) is 0 Å². The van der Waals surface area contributed by atoms with Gasteiger partial charge in [0.1, 0.15) is 0 Å². The molecule has 8 nitrogen and oxygen atoms in total. The number of hydrogen-bond acceptors (Lipinski definition) is 5. The first-order valence-electron chi connectivity index (χ1n) is 11.4. The zero-order valence-electron chi connectivity index (χ0n) is 20.2. The van der Waals surface area contributed by atoms with E-state index in [2.05, 4.69) is 45.0 Å². The van der Waals surface area contributed by atoms with Gasteiger partial charge in [-0.25, -0.2) is 9.82 Å². The molecule has 36 heavy (non-hydrogen) atoms. The number of morpholine rings is 1. The quantitative estimate of drug-likeness (QED) is 0.210. The minimum Gasteiger partial charge on any atom is -0.378 e. The predicted octanol–water partition coefficient (Wildman–Crippen LogP) is 5.04. The maximum Gasteiger partial charge on any atom is 0.238 e. The van der Waals surface area contributed by atoms with Crippen molar-refractivity contribution in [2.45, 2.75) is 6.92 Å². The number of pyridine rings is 1. The van der Waals surface area contributed by atoms with Crippen LogP contribution in [0.1, 0.15) is 18.2 Å². The van der Waals surface area contributed by atoms with E-state index in [1.54, 1.807) is 23.2 Å². The zero-order chi connectivity index (χ0) is 25.8. The first kappa shape index (κ1) is 26.2. The molecule has 0 bridgehead atoms. The fourth-order valence-electron chi connectivity index (χ4n) is 3.40. The molecule has 0 aliphatic carbocycles. The lowest BCUT2D eigenvalue weighted by molar-refractivity contribution is 0.0678. The Morgan fingerprint density at radius 3 is 2.69 bits per heavy atom. The summed E-state index contributed by atoms with van der Waals surface area (Å²) in [5, 5.41) is 15.2. The number of guanidine groups is 1. The number of benzene rings is 1. The number of amidine groups is 1. The SMILES string of the molecule is C=C/C=C\C(=C/C)c1cccc(Nc2ccc(/C=N/NC(=N)/N=C(\C(=C)F)N3CCOCC3)nc2)c1. The highest BCUT2D eigenvalue weighted by atomic mass is 19.1. The summed E-state index contributed by atoms with van der Waals surface area (Å²) in [4.78, 5) is 10.0. The van der Waals surface area contributed by atoms with Crippen LogP contribution in [0.2, 0.25) is 0 Å². The molecule has 2 aromatic rings. The number of aliphatic imine (C=N–C) groups is 1. The molecule has 1 fully saturated rings. The van der Waals surface area contributed by atoms with Crippen molar-refractivity contribution in [2.24, 2.45) is 10.1 Å².